The molecule has 2 aromatic carbocycles. The number of aliphatic hydroxyl groups is 1. The molecular formula is C27H17ClF3N5O2. The van der Waals surface area contributed by atoms with Crippen molar-refractivity contribution >= 4 is 17.2 Å². The fourth-order valence-corrected chi connectivity index (χ4v) is 4.23. The second kappa shape index (κ2) is 9.78. The van der Waals surface area contributed by atoms with Gasteiger partial charge >= 0.3 is 11.9 Å². The van der Waals surface area contributed by atoms with Gasteiger partial charge in [0.25, 0.3) is 0 Å². The van der Waals surface area contributed by atoms with Crippen molar-refractivity contribution in [3.05, 3.63) is 111 Å². The zero-order valence-corrected chi connectivity index (χ0v) is 20.1. The SMILES string of the molecule is N#CC(O)c1ccc(-c2c(-c3ccc(Cl)cc3)ccn3c(=O)n(Cc4ccc(C(F)(F)F)nc4)nc23)cc1. The summed E-state index contributed by atoms with van der Waals surface area (Å²) in [6.07, 6.45) is -3.20. The van der Waals surface area contributed by atoms with Crippen LogP contribution in [-0.4, -0.2) is 24.3 Å². The summed E-state index contributed by atoms with van der Waals surface area (Å²) in [5.41, 5.74) is 2.42. The number of rotatable bonds is 5. The third-order valence-electron chi connectivity index (χ3n) is 5.99. The van der Waals surface area contributed by atoms with Crippen LogP contribution in [0.5, 0.6) is 0 Å². The Kier molecular flexibility index (Phi) is 6.48. The number of halogens is 4. The van der Waals surface area contributed by atoms with Crippen molar-refractivity contribution in [1.82, 2.24) is 19.2 Å². The number of hydrogen-bond acceptors (Lipinski definition) is 5. The highest BCUT2D eigenvalue weighted by molar-refractivity contribution is 6.30. The van der Waals surface area contributed by atoms with Crippen molar-refractivity contribution in [2.24, 2.45) is 0 Å². The number of hydrogen-bond donors (Lipinski definition) is 1. The molecule has 0 saturated heterocycles. The van der Waals surface area contributed by atoms with Crippen LogP contribution in [0.2, 0.25) is 5.02 Å². The zero-order valence-electron chi connectivity index (χ0n) is 19.4. The summed E-state index contributed by atoms with van der Waals surface area (Å²) < 4.78 is 41.1. The minimum absolute atomic E-state index is 0.0886. The van der Waals surface area contributed by atoms with Gasteiger partial charge in [-0.15, -0.1) is 5.10 Å². The summed E-state index contributed by atoms with van der Waals surface area (Å²) in [6, 6.07) is 19.4. The molecule has 3 heterocycles. The van der Waals surface area contributed by atoms with Crippen molar-refractivity contribution in [3.63, 3.8) is 0 Å². The Morgan fingerprint density at radius 3 is 2.29 bits per heavy atom. The van der Waals surface area contributed by atoms with Crippen molar-refractivity contribution in [3.8, 4) is 28.3 Å². The van der Waals surface area contributed by atoms with E-state index in [1.807, 2.05) is 12.1 Å². The van der Waals surface area contributed by atoms with E-state index >= 15 is 0 Å². The third kappa shape index (κ3) is 4.77. The predicted octanol–water partition coefficient (Wildman–Crippen LogP) is 5.50. The Morgan fingerprint density at radius 2 is 1.68 bits per heavy atom. The molecule has 38 heavy (non-hydrogen) atoms. The van der Waals surface area contributed by atoms with E-state index in [4.69, 9.17) is 16.9 Å². The molecule has 190 valence electrons. The number of pyridine rings is 2. The molecule has 5 rings (SSSR count). The highest BCUT2D eigenvalue weighted by Gasteiger charge is 2.32. The van der Waals surface area contributed by atoms with Crippen molar-refractivity contribution in [2.45, 2.75) is 18.8 Å². The fourth-order valence-electron chi connectivity index (χ4n) is 4.10. The number of benzene rings is 2. The van der Waals surface area contributed by atoms with Crippen LogP contribution in [0.25, 0.3) is 27.9 Å². The fraction of sp³-hybridized carbons (Fsp3) is 0.111. The zero-order chi connectivity index (χ0) is 27.0. The molecule has 0 aliphatic heterocycles. The first-order valence-electron chi connectivity index (χ1n) is 11.2. The Bertz CT molecular complexity index is 1720. The van der Waals surface area contributed by atoms with Crippen molar-refractivity contribution in [1.29, 1.82) is 5.26 Å². The smallest absolute Gasteiger partial charge is 0.374 e. The molecule has 0 amide bonds. The van der Waals surface area contributed by atoms with Gasteiger partial charge < -0.3 is 5.11 Å². The first-order chi connectivity index (χ1) is 18.2. The lowest BCUT2D eigenvalue weighted by molar-refractivity contribution is -0.141. The summed E-state index contributed by atoms with van der Waals surface area (Å²) in [5.74, 6) is 0. The quantitative estimate of drug-likeness (QED) is 0.300. The highest BCUT2D eigenvalue weighted by Crippen LogP contribution is 2.35. The lowest BCUT2D eigenvalue weighted by atomic mass is 9.95. The highest BCUT2D eigenvalue weighted by atomic mass is 35.5. The van der Waals surface area contributed by atoms with Crippen LogP contribution >= 0.6 is 11.6 Å². The summed E-state index contributed by atoms with van der Waals surface area (Å²) in [7, 11) is 0. The van der Waals surface area contributed by atoms with Crippen LogP contribution in [0.1, 0.15) is 22.9 Å². The van der Waals surface area contributed by atoms with Crippen LogP contribution < -0.4 is 5.69 Å². The Labute approximate surface area is 218 Å². The largest absolute Gasteiger partial charge is 0.433 e. The Hall–Kier alpha value is -4.46. The van der Waals surface area contributed by atoms with E-state index in [9.17, 15) is 23.1 Å². The lowest BCUT2D eigenvalue weighted by Gasteiger charge is -2.12. The van der Waals surface area contributed by atoms with Gasteiger partial charge in [-0.3, -0.25) is 4.98 Å². The van der Waals surface area contributed by atoms with E-state index in [1.165, 1.54) is 10.5 Å². The summed E-state index contributed by atoms with van der Waals surface area (Å²) in [6.45, 7) is -0.0886. The van der Waals surface area contributed by atoms with Gasteiger partial charge in [-0.1, -0.05) is 54.1 Å². The molecule has 0 spiro atoms. The average molecular weight is 536 g/mol. The van der Waals surface area contributed by atoms with Gasteiger partial charge in [-0.05, 0) is 52.1 Å². The van der Waals surface area contributed by atoms with Gasteiger partial charge in [0.15, 0.2) is 11.8 Å². The number of fused-ring (bicyclic) bond motifs is 1. The van der Waals surface area contributed by atoms with Gasteiger partial charge in [-0.25, -0.2) is 13.9 Å². The first-order valence-corrected chi connectivity index (χ1v) is 11.6. The second-order valence-corrected chi connectivity index (χ2v) is 8.88. The molecular weight excluding hydrogens is 519 g/mol. The molecule has 1 unspecified atom stereocenters. The summed E-state index contributed by atoms with van der Waals surface area (Å²) in [4.78, 5) is 16.6. The van der Waals surface area contributed by atoms with E-state index in [-0.39, 0.29) is 6.54 Å². The number of nitrogens with zero attached hydrogens (tertiary/aromatic N) is 5. The molecule has 3 aromatic heterocycles. The van der Waals surface area contributed by atoms with E-state index in [0.717, 1.165) is 28.1 Å². The standard InChI is InChI=1S/C27H17ClF3N5O2/c28-20-8-6-17(7-9-20)21-11-12-35-25(24(21)19-4-2-18(3-5-19)22(37)13-32)34-36(26(35)38)15-16-1-10-23(33-14-16)27(29,30)31/h1-12,14,22,37H,15H2. The normalized spacial score (nSPS) is 12.4. The molecule has 0 radical (unpaired) electrons. The maximum Gasteiger partial charge on any atom is 0.433 e. The lowest BCUT2D eigenvalue weighted by Crippen LogP contribution is -2.21. The monoisotopic (exact) mass is 535 g/mol. The molecule has 1 atom stereocenters. The molecule has 0 bridgehead atoms. The van der Waals surface area contributed by atoms with Crippen LogP contribution in [0.3, 0.4) is 0 Å². The summed E-state index contributed by atoms with van der Waals surface area (Å²) in [5, 5.41) is 24.0. The van der Waals surface area contributed by atoms with Gasteiger partial charge in [0.2, 0.25) is 0 Å². The molecule has 5 aromatic rings. The van der Waals surface area contributed by atoms with Crippen LogP contribution in [-0.2, 0) is 12.7 Å². The maximum atomic E-state index is 13.2. The van der Waals surface area contributed by atoms with Crippen LogP contribution in [0.4, 0.5) is 13.2 Å². The molecule has 0 aliphatic carbocycles. The maximum absolute atomic E-state index is 13.2. The molecule has 1 N–H and O–H groups in total. The molecule has 7 nitrogen and oxygen atoms in total. The van der Waals surface area contributed by atoms with E-state index in [0.29, 0.717) is 32.9 Å². The molecule has 0 fully saturated rings. The number of aromatic nitrogens is 4. The van der Waals surface area contributed by atoms with E-state index < -0.39 is 23.7 Å². The van der Waals surface area contributed by atoms with Crippen LogP contribution in [0.15, 0.2) is 83.9 Å². The van der Waals surface area contributed by atoms with E-state index in [1.54, 1.807) is 54.7 Å². The van der Waals surface area contributed by atoms with E-state index in [2.05, 4.69) is 10.1 Å². The number of aliphatic hydroxyl groups excluding tert-OH is 1. The van der Waals surface area contributed by atoms with Crippen LogP contribution in [0, 0.1) is 11.3 Å². The first kappa shape index (κ1) is 25.2. The molecule has 0 aliphatic rings. The third-order valence-corrected chi connectivity index (χ3v) is 6.25. The predicted molar refractivity (Wildman–Crippen MR) is 134 cm³/mol. The Morgan fingerprint density at radius 1 is 1.00 bits per heavy atom. The van der Waals surface area contributed by atoms with Gasteiger partial charge in [-0.2, -0.15) is 18.4 Å². The van der Waals surface area contributed by atoms with Gasteiger partial charge in [0, 0.05) is 23.0 Å². The van der Waals surface area contributed by atoms with Crippen molar-refractivity contribution < 1.29 is 18.3 Å². The number of nitriles is 1. The minimum atomic E-state index is -4.57. The van der Waals surface area contributed by atoms with Gasteiger partial charge in [0.05, 0.1) is 12.6 Å². The summed E-state index contributed by atoms with van der Waals surface area (Å²) >= 11 is 6.07. The molecule has 0 saturated carbocycles. The topological polar surface area (TPSA) is 96.2 Å². The Balaban J connectivity index is 1.65. The van der Waals surface area contributed by atoms with Gasteiger partial charge in [0.1, 0.15) is 5.69 Å². The van der Waals surface area contributed by atoms with Crippen molar-refractivity contribution in [2.75, 3.05) is 0 Å². The number of alkyl halides is 3. The molecule has 11 heteroatoms. The minimum Gasteiger partial charge on any atom is -0.374 e. The average Bonchev–Trinajstić information content (AvgIpc) is 3.23. The second-order valence-electron chi connectivity index (χ2n) is 8.45.